The average Bonchev–Trinajstić information content (AvgIpc) is 3.46. The van der Waals surface area contributed by atoms with Gasteiger partial charge in [0.1, 0.15) is 0 Å². The van der Waals surface area contributed by atoms with Gasteiger partial charge in [0.2, 0.25) is 0 Å². The van der Waals surface area contributed by atoms with Crippen LogP contribution in [-0.2, 0) is 6.42 Å². The minimum absolute atomic E-state index is 0.858. The lowest BCUT2D eigenvalue weighted by Crippen LogP contribution is -2.13. The molecule has 5 aromatic carbocycles. The predicted octanol–water partition coefficient (Wildman–Crippen LogP) is 10.2. The van der Waals surface area contributed by atoms with Gasteiger partial charge in [0.25, 0.3) is 0 Å². The fraction of sp³-hybridized carbons (Fsp3) is 0.150. The van der Waals surface area contributed by atoms with E-state index in [1.54, 1.807) is 0 Å². The van der Waals surface area contributed by atoms with Crippen LogP contribution in [0.2, 0.25) is 0 Å². The van der Waals surface area contributed by atoms with Crippen LogP contribution in [0.15, 0.2) is 131 Å². The van der Waals surface area contributed by atoms with E-state index in [4.69, 9.17) is 10.2 Å². The summed E-state index contributed by atoms with van der Waals surface area (Å²) in [5.74, 6) is 0. The lowest BCUT2D eigenvalue weighted by Gasteiger charge is -2.21. The Morgan fingerprint density at radius 3 is 1.45 bits per heavy atom. The van der Waals surface area contributed by atoms with Crippen molar-refractivity contribution in [1.82, 2.24) is 0 Å². The summed E-state index contributed by atoms with van der Waals surface area (Å²) in [6, 6.07) is 40.6. The van der Waals surface area contributed by atoms with Gasteiger partial charge in [-0.3, -0.25) is 0 Å². The van der Waals surface area contributed by atoms with Crippen molar-refractivity contribution in [3.05, 3.63) is 160 Å². The second-order valence-electron chi connectivity index (χ2n) is 11.7. The van der Waals surface area contributed by atoms with Crippen molar-refractivity contribution in [3.63, 3.8) is 0 Å². The first-order chi connectivity index (χ1) is 21.3. The van der Waals surface area contributed by atoms with E-state index in [2.05, 4.69) is 156 Å². The second kappa shape index (κ2) is 12.6. The monoisotopic (exact) mass is 574 g/mol. The van der Waals surface area contributed by atoms with Gasteiger partial charge in [-0.2, -0.15) is 10.2 Å². The van der Waals surface area contributed by atoms with Gasteiger partial charge in [0, 0.05) is 0 Å². The Labute approximate surface area is 261 Å². The standard InChI is InChI=1S/C40H38N4/c1-28-6-16-37(17-7-28)43(38-18-8-29(2)9-19-38)41-27-33-14-15-34-25-35(26-36(34)24-33)32(5)42-44(39-20-10-30(3)11-21-39)40-22-12-31(4)13-23-40/h6-24,26-27H,25H2,1-5H3. The minimum atomic E-state index is 0.858. The molecule has 6 rings (SSSR count). The van der Waals surface area contributed by atoms with E-state index in [-0.39, 0.29) is 0 Å². The fourth-order valence-corrected chi connectivity index (χ4v) is 5.29. The van der Waals surface area contributed by atoms with E-state index < -0.39 is 0 Å². The Hall–Kier alpha value is -5.22. The molecule has 0 aliphatic heterocycles. The molecule has 0 radical (unpaired) electrons. The molecule has 218 valence electrons. The summed E-state index contributed by atoms with van der Waals surface area (Å²) >= 11 is 0. The molecule has 0 fully saturated rings. The zero-order valence-corrected chi connectivity index (χ0v) is 26.1. The number of aryl methyl sites for hydroxylation is 4. The van der Waals surface area contributed by atoms with Gasteiger partial charge in [0.15, 0.2) is 0 Å². The van der Waals surface area contributed by atoms with Crippen LogP contribution >= 0.6 is 0 Å². The molecule has 4 nitrogen and oxygen atoms in total. The van der Waals surface area contributed by atoms with Crippen molar-refractivity contribution < 1.29 is 0 Å². The maximum atomic E-state index is 5.15. The maximum Gasteiger partial charge on any atom is 0.0652 e. The zero-order chi connectivity index (χ0) is 30.6. The van der Waals surface area contributed by atoms with Crippen LogP contribution in [-0.4, -0.2) is 11.9 Å². The first-order valence-electron chi connectivity index (χ1n) is 15.1. The molecule has 0 atom stereocenters. The number of fused-ring (bicyclic) bond motifs is 1. The van der Waals surface area contributed by atoms with E-state index in [0.717, 1.165) is 40.4 Å². The van der Waals surface area contributed by atoms with Crippen LogP contribution in [0.25, 0.3) is 6.08 Å². The number of rotatable bonds is 8. The molecule has 4 heteroatoms. The molecule has 1 aliphatic carbocycles. The molecule has 0 spiro atoms. The number of benzene rings is 5. The van der Waals surface area contributed by atoms with Crippen LogP contribution in [0.5, 0.6) is 0 Å². The topological polar surface area (TPSA) is 31.2 Å². The maximum absolute atomic E-state index is 5.15. The summed E-state index contributed by atoms with van der Waals surface area (Å²) in [5, 5.41) is 14.1. The average molecular weight is 575 g/mol. The van der Waals surface area contributed by atoms with Crippen LogP contribution in [0.1, 0.15) is 45.9 Å². The number of anilines is 4. The third-order valence-electron chi connectivity index (χ3n) is 8.03. The van der Waals surface area contributed by atoms with E-state index in [1.165, 1.54) is 39.0 Å². The van der Waals surface area contributed by atoms with Crippen LogP contribution in [0.3, 0.4) is 0 Å². The molecule has 0 amide bonds. The van der Waals surface area contributed by atoms with Crippen molar-refractivity contribution >= 4 is 40.8 Å². The van der Waals surface area contributed by atoms with Gasteiger partial charge < -0.3 is 0 Å². The minimum Gasteiger partial charge on any atom is -0.234 e. The molecule has 0 N–H and O–H groups in total. The molecule has 44 heavy (non-hydrogen) atoms. The Bertz CT molecular complexity index is 1750. The van der Waals surface area contributed by atoms with Gasteiger partial charge in [-0.05, 0) is 124 Å². The Morgan fingerprint density at radius 1 is 0.568 bits per heavy atom. The number of hydrazone groups is 2. The predicted molar refractivity (Wildman–Crippen MR) is 188 cm³/mol. The van der Waals surface area contributed by atoms with Crippen LogP contribution in [0.4, 0.5) is 22.7 Å². The van der Waals surface area contributed by atoms with Gasteiger partial charge in [-0.25, -0.2) is 10.0 Å². The molecule has 0 bridgehead atoms. The third-order valence-corrected chi connectivity index (χ3v) is 8.03. The third kappa shape index (κ3) is 6.55. The van der Waals surface area contributed by atoms with Gasteiger partial charge >= 0.3 is 0 Å². The van der Waals surface area contributed by atoms with Crippen molar-refractivity contribution in [3.8, 4) is 0 Å². The lowest BCUT2D eigenvalue weighted by atomic mass is 10.1. The van der Waals surface area contributed by atoms with Crippen molar-refractivity contribution in [1.29, 1.82) is 0 Å². The van der Waals surface area contributed by atoms with E-state index in [1.807, 2.05) is 16.2 Å². The normalized spacial score (nSPS) is 12.8. The molecule has 5 aromatic rings. The van der Waals surface area contributed by atoms with Crippen molar-refractivity contribution in [2.24, 2.45) is 10.2 Å². The van der Waals surface area contributed by atoms with Crippen LogP contribution < -0.4 is 10.0 Å². The summed E-state index contributed by atoms with van der Waals surface area (Å²) in [4.78, 5) is 0. The molecule has 0 saturated carbocycles. The largest absolute Gasteiger partial charge is 0.234 e. The van der Waals surface area contributed by atoms with Crippen LogP contribution in [0, 0.1) is 27.7 Å². The Kier molecular flexibility index (Phi) is 8.25. The molecule has 0 saturated heterocycles. The SMILES string of the molecule is CC(=NN(c1ccc(C)cc1)c1ccc(C)cc1)C1=Cc2cc(C=NN(c3ccc(C)cc3)c3ccc(C)cc3)ccc2C1. The van der Waals surface area contributed by atoms with Gasteiger partial charge in [-0.15, -0.1) is 0 Å². The molecular weight excluding hydrogens is 536 g/mol. The first kappa shape index (κ1) is 28.9. The number of allylic oxidation sites excluding steroid dienone is 1. The summed E-state index contributed by atoms with van der Waals surface area (Å²) in [6.45, 7) is 10.5. The van der Waals surface area contributed by atoms with Crippen molar-refractivity contribution in [2.45, 2.75) is 41.0 Å². The highest BCUT2D eigenvalue weighted by molar-refractivity contribution is 6.05. The fourth-order valence-electron chi connectivity index (χ4n) is 5.29. The lowest BCUT2D eigenvalue weighted by molar-refractivity contribution is 1.07. The highest BCUT2D eigenvalue weighted by Gasteiger charge is 2.17. The highest BCUT2D eigenvalue weighted by atomic mass is 15.5. The summed E-state index contributed by atoms with van der Waals surface area (Å²) in [6.07, 6.45) is 5.07. The summed E-state index contributed by atoms with van der Waals surface area (Å²) in [7, 11) is 0. The molecule has 0 unspecified atom stereocenters. The van der Waals surface area contributed by atoms with Gasteiger partial charge in [0.05, 0.1) is 34.7 Å². The summed E-state index contributed by atoms with van der Waals surface area (Å²) in [5.41, 5.74) is 14.8. The Balaban J connectivity index is 1.28. The smallest absolute Gasteiger partial charge is 0.0652 e. The van der Waals surface area contributed by atoms with E-state index in [0.29, 0.717) is 0 Å². The Morgan fingerprint density at radius 2 is 1.00 bits per heavy atom. The summed E-state index contributed by atoms with van der Waals surface area (Å²) < 4.78 is 0. The number of nitrogens with zero attached hydrogens (tertiary/aromatic N) is 4. The molecular formula is C40H38N4. The first-order valence-corrected chi connectivity index (χ1v) is 15.1. The van der Waals surface area contributed by atoms with E-state index in [9.17, 15) is 0 Å². The second-order valence-corrected chi connectivity index (χ2v) is 11.7. The van der Waals surface area contributed by atoms with Gasteiger partial charge in [-0.1, -0.05) is 82.9 Å². The van der Waals surface area contributed by atoms with Crippen molar-refractivity contribution in [2.75, 3.05) is 10.0 Å². The quantitative estimate of drug-likeness (QED) is 0.136. The highest BCUT2D eigenvalue weighted by Crippen LogP contribution is 2.31. The molecule has 0 heterocycles. The van der Waals surface area contributed by atoms with E-state index >= 15 is 0 Å². The number of hydrogen-bond acceptors (Lipinski definition) is 4. The zero-order valence-electron chi connectivity index (χ0n) is 26.1. The number of hydrogen-bond donors (Lipinski definition) is 0. The molecule has 1 aliphatic rings. The molecule has 0 aromatic heterocycles.